The first-order valence-corrected chi connectivity index (χ1v) is 8.31. The van der Waals surface area contributed by atoms with Crippen molar-refractivity contribution in [1.29, 1.82) is 0 Å². The molecule has 0 saturated heterocycles. The molecule has 27 heavy (non-hydrogen) atoms. The lowest BCUT2D eigenvalue weighted by molar-refractivity contribution is 0.0950. The van der Waals surface area contributed by atoms with Gasteiger partial charge in [0, 0.05) is 29.3 Å². The van der Waals surface area contributed by atoms with E-state index in [-0.39, 0.29) is 11.8 Å². The summed E-state index contributed by atoms with van der Waals surface area (Å²) in [6, 6.07) is 15.5. The van der Waals surface area contributed by atoms with E-state index >= 15 is 0 Å². The normalized spacial score (nSPS) is 10.3. The fraction of sp³-hybridized carbons (Fsp3) is 0.150. The summed E-state index contributed by atoms with van der Waals surface area (Å²) in [5.74, 6) is 0.961. The van der Waals surface area contributed by atoms with Gasteiger partial charge in [-0.2, -0.15) is 0 Å². The van der Waals surface area contributed by atoms with Crippen LogP contribution in [0.1, 0.15) is 32.0 Å². The van der Waals surface area contributed by atoms with E-state index in [1.54, 1.807) is 38.3 Å². The highest BCUT2D eigenvalue weighted by molar-refractivity contribution is 6.05. The van der Waals surface area contributed by atoms with Gasteiger partial charge < -0.3 is 19.9 Å². The molecule has 0 atom stereocenters. The van der Waals surface area contributed by atoms with Gasteiger partial charge in [0.2, 0.25) is 0 Å². The molecule has 0 saturated carbocycles. The molecule has 0 spiro atoms. The van der Waals surface area contributed by atoms with E-state index < -0.39 is 0 Å². The standard InChI is InChI=1S/C20H19N3O4/c1-13-10-18(23-27-13)22-20(25)15-8-5-7-14(11-15)19(24)21-12-16-6-3-4-9-17(16)26-2/h3-11H,12H2,1-2H3,(H,21,24)(H,22,23,25). The van der Waals surface area contributed by atoms with Gasteiger partial charge >= 0.3 is 0 Å². The SMILES string of the molecule is COc1ccccc1CNC(=O)c1cccc(C(=O)Nc2cc(C)on2)c1. The minimum Gasteiger partial charge on any atom is -0.496 e. The lowest BCUT2D eigenvalue weighted by Gasteiger charge is -2.10. The summed E-state index contributed by atoms with van der Waals surface area (Å²) in [7, 11) is 1.58. The molecule has 2 aromatic carbocycles. The van der Waals surface area contributed by atoms with Crippen molar-refractivity contribution in [2.45, 2.75) is 13.5 Å². The Hall–Kier alpha value is -3.61. The Morgan fingerprint density at radius 2 is 1.78 bits per heavy atom. The summed E-state index contributed by atoms with van der Waals surface area (Å²) in [6.07, 6.45) is 0. The Morgan fingerprint density at radius 3 is 2.48 bits per heavy atom. The monoisotopic (exact) mass is 365 g/mol. The Labute approximate surface area is 156 Å². The Kier molecular flexibility index (Phi) is 5.51. The van der Waals surface area contributed by atoms with Gasteiger partial charge in [-0.3, -0.25) is 9.59 Å². The topological polar surface area (TPSA) is 93.5 Å². The molecule has 0 aliphatic carbocycles. The first-order chi connectivity index (χ1) is 13.1. The van der Waals surface area contributed by atoms with E-state index in [0.29, 0.717) is 35.0 Å². The van der Waals surface area contributed by atoms with Crippen LogP contribution in [0.3, 0.4) is 0 Å². The Morgan fingerprint density at radius 1 is 1.04 bits per heavy atom. The highest BCUT2D eigenvalue weighted by Gasteiger charge is 2.13. The molecule has 7 nitrogen and oxygen atoms in total. The molecule has 2 amide bonds. The van der Waals surface area contributed by atoms with Gasteiger partial charge in [0.25, 0.3) is 11.8 Å². The fourth-order valence-electron chi connectivity index (χ4n) is 2.54. The molecule has 2 N–H and O–H groups in total. The minimum atomic E-state index is -0.373. The number of carbonyl (C=O) groups is 2. The molecule has 0 unspecified atom stereocenters. The van der Waals surface area contributed by atoms with Crippen LogP contribution >= 0.6 is 0 Å². The van der Waals surface area contributed by atoms with Crippen molar-refractivity contribution in [2.24, 2.45) is 0 Å². The molecular formula is C20H19N3O4. The van der Waals surface area contributed by atoms with Gasteiger partial charge in [-0.25, -0.2) is 0 Å². The second-order valence-corrected chi connectivity index (χ2v) is 5.85. The smallest absolute Gasteiger partial charge is 0.256 e. The van der Waals surface area contributed by atoms with Crippen molar-refractivity contribution < 1.29 is 18.8 Å². The van der Waals surface area contributed by atoms with Crippen LogP contribution in [0.25, 0.3) is 0 Å². The van der Waals surface area contributed by atoms with Crippen LogP contribution < -0.4 is 15.4 Å². The van der Waals surface area contributed by atoms with Crippen molar-refractivity contribution in [2.75, 3.05) is 12.4 Å². The van der Waals surface area contributed by atoms with E-state index in [1.165, 1.54) is 6.07 Å². The van der Waals surface area contributed by atoms with Crippen LogP contribution in [-0.4, -0.2) is 24.1 Å². The number of rotatable bonds is 6. The molecule has 0 aliphatic rings. The summed E-state index contributed by atoms with van der Waals surface area (Å²) in [4.78, 5) is 24.8. The number of para-hydroxylation sites is 1. The molecule has 0 fully saturated rings. The van der Waals surface area contributed by atoms with Crippen LogP contribution in [0.15, 0.2) is 59.1 Å². The van der Waals surface area contributed by atoms with E-state index in [4.69, 9.17) is 9.26 Å². The van der Waals surface area contributed by atoms with Gasteiger partial charge in [-0.1, -0.05) is 29.4 Å². The maximum absolute atomic E-state index is 12.4. The first kappa shape index (κ1) is 18.2. The maximum Gasteiger partial charge on any atom is 0.256 e. The second kappa shape index (κ2) is 8.18. The molecule has 1 aromatic heterocycles. The quantitative estimate of drug-likeness (QED) is 0.700. The third kappa shape index (κ3) is 4.52. The van der Waals surface area contributed by atoms with E-state index in [2.05, 4.69) is 15.8 Å². The number of benzene rings is 2. The van der Waals surface area contributed by atoms with Crippen LogP contribution in [-0.2, 0) is 6.54 Å². The maximum atomic E-state index is 12.4. The van der Waals surface area contributed by atoms with Crippen LogP contribution in [0.4, 0.5) is 5.82 Å². The van der Waals surface area contributed by atoms with E-state index in [9.17, 15) is 9.59 Å². The first-order valence-electron chi connectivity index (χ1n) is 8.31. The van der Waals surface area contributed by atoms with Gasteiger partial charge in [-0.05, 0) is 31.2 Å². The van der Waals surface area contributed by atoms with E-state index in [0.717, 1.165) is 5.56 Å². The average molecular weight is 365 g/mol. The van der Waals surface area contributed by atoms with Gasteiger partial charge in [0.1, 0.15) is 11.5 Å². The molecule has 3 aromatic rings. The lowest BCUT2D eigenvalue weighted by atomic mass is 10.1. The molecule has 3 rings (SSSR count). The van der Waals surface area contributed by atoms with Crippen molar-refractivity contribution in [3.63, 3.8) is 0 Å². The molecule has 0 aliphatic heterocycles. The largest absolute Gasteiger partial charge is 0.496 e. The predicted molar refractivity (Wildman–Crippen MR) is 99.8 cm³/mol. The molecule has 1 heterocycles. The highest BCUT2D eigenvalue weighted by atomic mass is 16.5. The average Bonchev–Trinajstić information content (AvgIpc) is 3.11. The summed E-state index contributed by atoms with van der Waals surface area (Å²) >= 11 is 0. The van der Waals surface area contributed by atoms with Gasteiger partial charge in [0.15, 0.2) is 5.82 Å². The number of nitrogens with zero attached hydrogens (tertiary/aromatic N) is 1. The zero-order valence-corrected chi connectivity index (χ0v) is 15.0. The van der Waals surface area contributed by atoms with Crippen molar-refractivity contribution in [1.82, 2.24) is 10.5 Å². The third-order valence-electron chi connectivity index (χ3n) is 3.89. The Bertz CT molecular complexity index is 965. The zero-order valence-electron chi connectivity index (χ0n) is 15.0. The second-order valence-electron chi connectivity index (χ2n) is 5.85. The number of aromatic nitrogens is 1. The van der Waals surface area contributed by atoms with Crippen LogP contribution in [0, 0.1) is 6.92 Å². The number of aryl methyl sites for hydroxylation is 1. The minimum absolute atomic E-state index is 0.284. The van der Waals surface area contributed by atoms with Crippen LogP contribution in [0.5, 0.6) is 5.75 Å². The lowest BCUT2D eigenvalue weighted by Crippen LogP contribution is -2.23. The number of nitrogens with one attached hydrogen (secondary N) is 2. The number of hydrogen-bond acceptors (Lipinski definition) is 5. The summed E-state index contributed by atoms with van der Waals surface area (Å²) in [5.41, 5.74) is 1.60. The number of anilines is 1. The molecule has 138 valence electrons. The van der Waals surface area contributed by atoms with Gasteiger partial charge in [-0.15, -0.1) is 0 Å². The zero-order chi connectivity index (χ0) is 19.2. The molecule has 7 heteroatoms. The van der Waals surface area contributed by atoms with Crippen LogP contribution in [0.2, 0.25) is 0 Å². The summed E-state index contributed by atoms with van der Waals surface area (Å²) < 4.78 is 10.2. The number of methoxy groups -OCH3 is 1. The molecule has 0 radical (unpaired) electrons. The van der Waals surface area contributed by atoms with Crippen molar-refractivity contribution >= 4 is 17.6 Å². The predicted octanol–water partition coefficient (Wildman–Crippen LogP) is 3.17. The number of hydrogen-bond donors (Lipinski definition) is 2. The fourth-order valence-corrected chi connectivity index (χ4v) is 2.54. The van der Waals surface area contributed by atoms with E-state index in [1.807, 2.05) is 24.3 Å². The highest BCUT2D eigenvalue weighted by Crippen LogP contribution is 2.17. The van der Waals surface area contributed by atoms with Gasteiger partial charge in [0.05, 0.1) is 7.11 Å². The summed E-state index contributed by atoms with van der Waals surface area (Å²) in [6.45, 7) is 2.05. The summed E-state index contributed by atoms with van der Waals surface area (Å²) in [5, 5.41) is 9.18. The number of ether oxygens (including phenoxy) is 1. The van der Waals surface area contributed by atoms with Crippen molar-refractivity contribution in [3.05, 3.63) is 77.0 Å². The third-order valence-corrected chi connectivity index (χ3v) is 3.89. The van der Waals surface area contributed by atoms with Crippen molar-refractivity contribution in [3.8, 4) is 5.75 Å². The number of carbonyl (C=O) groups excluding carboxylic acids is 2. The molecular weight excluding hydrogens is 346 g/mol. The molecule has 0 bridgehead atoms. The Balaban J connectivity index is 1.67. The number of amides is 2.